The Balaban J connectivity index is 2.24. The fraction of sp³-hybridized carbons (Fsp3) is 0.600. The first-order chi connectivity index (χ1) is 6.62. The largest absolute Gasteiger partial charge is 0.342 e. The van der Waals surface area contributed by atoms with Crippen molar-refractivity contribution < 1.29 is 9.59 Å². The molecule has 1 aliphatic carbocycles. The highest BCUT2D eigenvalue weighted by molar-refractivity contribution is 5.98. The number of amides is 2. The van der Waals surface area contributed by atoms with Gasteiger partial charge >= 0.3 is 0 Å². The first-order valence-electron chi connectivity index (χ1n) is 4.81. The zero-order valence-corrected chi connectivity index (χ0v) is 8.32. The Morgan fingerprint density at radius 3 is 2.64 bits per heavy atom. The molecule has 76 valence electrons. The molecule has 2 aliphatic rings. The van der Waals surface area contributed by atoms with E-state index in [1.165, 1.54) is 6.08 Å². The minimum Gasteiger partial charge on any atom is -0.342 e. The zero-order valence-electron chi connectivity index (χ0n) is 8.32. The van der Waals surface area contributed by atoms with E-state index in [4.69, 9.17) is 0 Å². The van der Waals surface area contributed by atoms with Gasteiger partial charge in [-0.05, 0) is 18.9 Å². The molecule has 0 aromatic carbocycles. The average molecular weight is 194 g/mol. The maximum absolute atomic E-state index is 11.8. The lowest BCUT2D eigenvalue weighted by molar-refractivity contribution is -0.150. The van der Waals surface area contributed by atoms with Crippen LogP contribution in [0, 0.1) is 0 Å². The van der Waals surface area contributed by atoms with E-state index in [0.717, 1.165) is 12.8 Å². The SMILES string of the molecule is C=CC(=O)N1CCN(C)C(=O)C12CC2. The number of nitrogens with zero attached hydrogens (tertiary/aromatic N) is 2. The molecule has 0 N–H and O–H groups in total. The Morgan fingerprint density at radius 1 is 1.50 bits per heavy atom. The standard InChI is InChI=1S/C10H14N2O2/c1-3-8(13)12-7-6-11(2)9(14)10(12)4-5-10/h3H,1,4-7H2,2H3. The summed E-state index contributed by atoms with van der Waals surface area (Å²) in [6, 6.07) is 0. The van der Waals surface area contributed by atoms with Crippen LogP contribution < -0.4 is 0 Å². The lowest BCUT2D eigenvalue weighted by Gasteiger charge is -2.39. The number of carbonyl (C=O) groups excluding carboxylic acids is 2. The molecule has 1 aliphatic heterocycles. The van der Waals surface area contributed by atoms with Crippen LogP contribution >= 0.6 is 0 Å². The summed E-state index contributed by atoms with van der Waals surface area (Å²) in [6.07, 6.45) is 2.89. The van der Waals surface area contributed by atoms with E-state index >= 15 is 0 Å². The molecule has 4 heteroatoms. The maximum atomic E-state index is 11.8. The van der Waals surface area contributed by atoms with E-state index in [9.17, 15) is 9.59 Å². The van der Waals surface area contributed by atoms with Crippen molar-refractivity contribution in [2.45, 2.75) is 18.4 Å². The number of likely N-dealkylation sites (N-methyl/N-ethyl adjacent to an activating group) is 1. The molecule has 1 saturated heterocycles. The third-order valence-electron chi connectivity index (χ3n) is 3.08. The topological polar surface area (TPSA) is 40.6 Å². The Labute approximate surface area is 83.2 Å². The van der Waals surface area contributed by atoms with E-state index in [2.05, 4.69) is 6.58 Å². The molecule has 2 amide bonds. The number of carbonyl (C=O) groups is 2. The van der Waals surface area contributed by atoms with Crippen LogP contribution in [0.2, 0.25) is 0 Å². The van der Waals surface area contributed by atoms with Crippen LogP contribution in [0.4, 0.5) is 0 Å². The smallest absolute Gasteiger partial charge is 0.248 e. The van der Waals surface area contributed by atoms with Crippen molar-refractivity contribution in [1.29, 1.82) is 0 Å². The first-order valence-corrected chi connectivity index (χ1v) is 4.81. The fourth-order valence-corrected chi connectivity index (χ4v) is 2.07. The maximum Gasteiger partial charge on any atom is 0.248 e. The molecule has 0 aromatic rings. The summed E-state index contributed by atoms with van der Waals surface area (Å²) < 4.78 is 0. The van der Waals surface area contributed by atoms with E-state index in [1.807, 2.05) is 0 Å². The monoisotopic (exact) mass is 194 g/mol. The van der Waals surface area contributed by atoms with Crippen molar-refractivity contribution in [1.82, 2.24) is 9.80 Å². The van der Waals surface area contributed by atoms with Gasteiger partial charge in [-0.15, -0.1) is 0 Å². The second-order valence-electron chi connectivity index (χ2n) is 3.95. The van der Waals surface area contributed by atoms with Gasteiger partial charge in [0, 0.05) is 20.1 Å². The Morgan fingerprint density at radius 2 is 2.14 bits per heavy atom. The molecule has 4 nitrogen and oxygen atoms in total. The number of hydrogen-bond acceptors (Lipinski definition) is 2. The van der Waals surface area contributed by atoms with Gasteiger partial charge in [-0.25, -0.2) is 0 Å². The van der Waals surface area contributed by atoms with Gasteiger partial charge in [-0.1, -0.05) is 6.58 Å². The molecule has 1 saturated carbocycles. The highest BCUT2D eigenvalue weighted by atomic mass is 16.2. The molecule has 0 unspecified atom stereocenters. The van der Waals surface area contributed by atoms with Gasteiger partial charge in [0.15, 0.2) is 0 Å². The Bertz CT molecular complexity index is 307. The van der Waals surface area contributed by atoms with Crippen LogP contribution in [-0.2, 0) is 9.59 Å². The Hall–Kier alpha value is -1.32. The predicted molar refractivity (Wildman–Crippen MR) is 51.5 cm³/mol. The van der Waals surface area contributed by atoms with Crippen LogP contribution in [0.5, 0.6) is 0 Å². The van der Waals surface area contributed by atoms with Gasteiger partial charge in [0.25, 0.3) is 0 Å². The molecule has 2 rings (SSSR count). The highest BCUT2D eigenvalue weighted by Crippen LogP contribution is 2.44. The van der Waals surface area contributed by atoms with E-state index in [0.29, 0.717) is 13.1 Å². The fourth-order valence-electron chi connectivity index (χ4n) is 2.07. The van der Waals surface area contributed by atoms with Crippen LogP contribution in [0.25, 0.3) is 0 Å². The van der Waals surface area contributed by atoms with Crippen molar-refractivity contribution in [2.24, 2.45) is 0 Å². The third-order valence-corrected chi connectivity index (χ3v) is 3.08. The van der Waals surface area contributed by atoms with Crippen LogP contribution in [0.15, 0.2) is 12.7 Å². The number of hydrogen-bond donors (Lipinski definition) is 0. The van der Waals surface area contributed by atoms with Crippen LogP contribution in [0.3, 0.4) is 0 Å². The average Bonchev–Trinajstić information content (AvgIpc) is 2.95. The molecule has 1 heterocycles. The summed E-state index contributed by atoms with van der Waals surface area (Å²) in [7, 11) is 1.79. The molecule has 0 radical (unpaired) electrons. The third kappa shape index (κ3) is 1.06. The molecular weight excluding hydrogens is 180 g/mol. The molecule has 0 bridgehead atoms. The van der Waals surface area contributed by atoms with Gasteiger partial charge in [0.2, 0.25) is 11.8 Å². The molecule has 0 atom stereocenters. The van der Waals surface area contributed by atoms with Gasteiger partial charge in [0.05, 0.1) is 0 Å². The molecule has 1 spiro atoms. The van der Waals surface area contributed by atoms with Gasteiger partial charge < -0.3 is 9.80 Å². The van der Waals surface area contributed by atoms with Crippen molar-refractivity contribution in [3.63, 3.8) is 0 Å². The zero-order chi connectivity index (χ0) is 10.3. The first kappa shape index (κ1) is 9.24. The van der Waals surface area contributed by atoms with E-state index in [-0.39, 0.29) is 11.8 Å². The van der Waals surface area contributed by atoms with Crippen molar-refractivity contribution in [3.05, 3.63) is 12.7 Å². The van der Waals surface area contributed by atoms with Crippen LogP contribution in [-0.4, -0.2) is 47.3 Å². The normalized spacial score (nSPS) is 23.9. The van der Waals surface area contributed by atoms with E-state index in [1.54, 1.807) is 16.8 Å². The second-order valence-corrected chi connectivity index (χ2v) is 3.95. The molecule has 2 fully saturated rings. The highest BCUT2D eigenvalue weighted by Gasteiger charge is 2.58. The quantitative estimate of drug-likeness (QED) is 0.551. The minimum absolute atomic E-state index is 0.0824. The second kappa shape index (κ2) is 2.83. The molecular formula is C10H14N2O2. The summed E-state index contributed by atoms with van der Waals surface area (Å²) in [6.45, 7) is 4.71. The lowest BCUT2D eigenvalue weighted by Crippen LogP contribution is -2.59. The molecule has 0 aromatic heterocycles. The molecule has 14 heavy (non-hydrogen) atoms. The number of piperazine rings is 1. The predicted octanol–water partition coefficient (Wildman–Crippen LogP) is 0.00560. The summed E-state index contributed by atoms with van der Waals surface area (Å²) in [4.78, 5) is 26.7. The summed E-state index contributed by atoms with van der Waals surface area (Å²) >= 11 is 0. The summed E-state index contributed by atoms with van der Waals surface area (Å²) in [5.74, 6) is -0.0390. The summed E-state index contributed by atoms with van der Waals surface area (Å²) in [5, 5.41) is 0. The van der Waals surface area contributed by atoms with Crippen molar-refractivity contribution >= 4 is 11.8 Å². The minimum atomic E-state index is -0.502. The van der Waals surface area contributed by atoms with Crippen LogP contribution in [0.1, 0.15) is 12.8 Å². The van der Waals surface area contributed by atoms with Gasteiger partial charge in [-0.3, -0.25) is 9.59 Å². The van der Waals surface area contributed by atoms with Gasteiger partial charge in [0.1, 0.15) is 5.54 Å². The Kier molecular flexibility index (Phi) is 1.87. The van der Waals surface area contributed by atoms with Crippen molar-refractivity contribution in [2.75, 3.05) is 20.1 Å². The lowest BCUT2D eigenvalue weighted by atomic mass is 10.1. The van der Waals surface area contributed by atoms with Crippen molar-refractivity contribution in [3.8, 4) is 0 Å². The van der Waals surface area contributed by atoms with Gasteiger partial charge in [-0.2, -0.15) is 0 Å². The van der Waals surface area contributed by atoms with E-state index < -0.39 is 5.54 Å². The number of rotatable bonds is 1. The summed E-state index contributed by atoms with van der Waals surface area (Å²) in [5.41, 5.74) is -0.502.